The molecule has 1 saturated heterocycles. The number of unbranched alkanes of at least 4 members (excludes halogenated alkanes) is 13. The summed E-state index contributed by atoms with van der Waals surface area (Å²) in [6.45, 7) is 6.26. The maximum atomic E-state index is 9.52. The summed E-state index contributed by atoms with van der Waals surface area (Å²) in [5.74, 6) is 0. The van der Waals surface area contributed by atoms with Gasteiger partial charge in [-0.3, -0.25) is 0 Å². The van der Waals surface area contributed by atoms with Gasteiger partial charge in [0, 0.05) is 0 Å². The number of rotatable bonds is 16. The summed E-state index contributed by atoms with van der Waals surface area (Å²) in [6.07, 6.45) is 20.5. The molecule has 0 spiro atoms. The van der Waals surface area contributed by atoms with Gasteiger partial charge in [0.05, 0.1) is 11.7 Å². The summed E-state index contributed by atoms with van der Waals surface area (Å²) in [4.78, 5) is 0. The molecule has 3 atom stereocenters. The second-order valence-electron chi connectivity index (χ2n) is 7.94. The van der Waals surface area contributed by atoms with Gasteiger partial charge in [0.15, 0.2) is 0 Å². The third-order valence-electron chi connectivity index (χ3n) is 5.41. The number of epoxide rings is 1. The summed E-state index contributed by atoms with van der Waals surface area (Å²) in [5, 5.41) is 9.52. The Bertz CT molecular complexity index is 277. The van der Waals surface area contributed by atoms with Gasteiger partial charge < -0.3 is 9.84 Å². The molecule has 0 bridgehead atoms. The Morgan fingerprint density at radius 1 is 0.783 bits per heavy atom. The molecule has 0 aromatic heterocycles. The lowest BCUT2D eigenvalue weighted by Gasteiger charge is -2.07. The highest BCUT2D eigenvalue weighted by Crippen LogP contribution is 2.42. The maximum Gasteiger partial charge on any atom is 0.113 e. The average Bonchev–Trinajstić information content (AvgIpc) is 3.20. The predicted octanol–water partition coefficient (Wildman–Crippen LogP) is 6.40. The van der Waals surface area contributed by atoms with Gasteiger partial charge in [0.25, 0.3) is 0 Å². The number of aliphatic hydroxyl groups excluding tert-OH is 1. The van der Waals surface area contributed by atoms with Crippen molar-refractivity contribution in [3.63, 3.8) is 0 Å². The van der Waals surface area contributed by atoms with Crippen LogP contribution in [0.25, 0.3) is 0 Å². The van der Waals surface area contributed by atoms with Gasteiger partial charge in [-0.05, 0) is 20.3 Å². The molecular formula is C21H42O2. The van der Waals surface area contributed by atoms with Crippen LogP contribution in [-0.4, -0.2) is 22.9 Å². The van der Waals surface area contributed by atoms with E-state index in [9.17, 15) is 5.11 Å². The molecule has 23 heavy (non-hydrogen) atoms. The van der Waals surface area contributed by atoms with Gasteiger partial charge in [0.1, 0.15) is 6.10 Å². The molecule has 2 nitrogen and oxygen atoms in total. The highest BCUT2D eigenvalue weighted by Gasteiger charge is 2.53. The van der Waals surface area contributed by atoms with E-state index in [0.29, 0.717) is 0 Å². The van der Waals surface area contributed by atoms with Gasteiger partial charge in [-0.25, -0.2) is 0 Å². The number of ether oxygens (including phenoxy) is 1. The molecule has 0 saturated carbocycles. The van der Waals surface area contributed by atoms with Crippen molar-refractivity contribution in [2.24, 2.45) is 0 Å². The summed E-state index contributed by atoms with van der Waals surface area (Å²) < 4.78 is 5.63. The van der Waals surface area contributed by atoms with Crippen LogP contribution in [0.5, 0.6) is 0 Å². The smallest absolute Gasteiger partial charge is 0.113 e. The molecule has 1 aliphatic heterocycles. The van der Waals surface area contributed by atoms with E-state index in [1.54, 1.807) is 0 Å². The lowest BCUT2D eigenvalue weighted by atomic mass is 9.96. The van der Waals surface area contributed by atoms with E-state index < -0.39 is 0 Å². The number of hydrogen-bond donors (Lipinski definition) is 1. The predicted molar refractivity (Wildman–Crippen MR) is 99.9 cm³/mol. The topological polar surface area (TPSA) is 32.8 Å². The fraction of sp³-hybridized carbons (Fsp3) is 1.00. The van der Waals surface area contributed by atoms with Crippen LogP contribution in [0.4, 0.5) is 0 Å². The lowest BCUT2D eigenvalue weighted by Crippen LogP contribution is -2.19. The molecule has 0 aliphatic carbocycles. The Morgan fingerprint density at radius 2 is 1.17 bits per heavy atom. The Morgan fingerprint density at radius 3 is 1.52 bits per heavy atom. The van der Waals surface area contributed by atoms with E-state index in [1.165, 1.54) is 89.9 Å². The summed E-state index contributed by atoms with van der Waals surface area (Å²) in [7, 11) is 0. The minimum absolute atomic E-state index is 0.0225. The number of aliphatic hydroxyl groups is 1. The minimum Gasteiger partial charge on any atom is -0.391 e. The largest absolute Gasteiger partial charge is 0.391 e. The quantitative estimate of drug-likeness (QED) is 0.263. The van der Waals surface area contributed by atoms with Crippen LogP contribution in [0.1, 0.15) is 117 Å². The molecule has 0 unspecified atom stereocenters. The van der Waals surface area contributed by atoms with Crippen molar-refractivity contribution in [1.29, 1.82) is 0 Å². The Balaban J connectivity index is 1.74. The van der Waals surface area contributed by atoms with E-state index in [1.807, 2.05) is 6.92 Å². The molecule has 1 N–H and O–H groups in total. The van der Waals surface area contributed by atoms with Gasteiger partial charge >= 0.3 is 0 Å². The minimum atomic E-state index is -0.313. The van der Waals surface area contributed by atoms with Crippen LogP contribution in [0.15, 0.2) is 0 Å². The Labute approximate surface area is 145 Å². The maximum absolute atomic E-state index is 9.52. The van der Waals surface area contributed by atoms with Crippen molar-refractivity contribution in [3.05, 3.63) is 0 Å². The molecule has 1 rings (SSSR count). The second kappa shape index (κ2) is 12.3. The van der Waals surface area contributed by atoms with Crippen molar-refractivity contribution in [1.82, 2.24) is 0 Å². The third kappa shape index (κ3) is 9.72. The molecule has 0 aromatic rings. The number of hydrogen-bond acceptors (Lipinski definition) is 2. The Kier molecular flexibility index (Phi) is 11.2. The first-order chi connectivity index (χ1) is 11.1. The van der Waals surface area contributed by atoms with E-state index in [0.717, 1.165) is 6.42 Å². The average molecular weight is 327 g/mol. The zero-order chi connectivity index (χ0) is 17.0. The van der Waals surface area contributed by atoms with E-state index >= 15 is 0 Å². The van der Waals surface area contributed by atoms with Crippen molar-refractivity contribution < 1.29 is 9.84 Å². The standard InChI is InChI=1S/C21H42O2/c1-4-5-6-7-8-9-10-11-12-13-14-15-16-17-18-21(3)20(23-21)19(2)22/h19-20,22H,4-18H2,1-3H3/t19-,20+,21+/m0/s1. The van der Waals surface area contributed by atoms with Crippen LogP contribution in [-0.2, 0) is 4.74 Å². The Hall–Kier alpha value is -0.0800. The van der Waals surface area contributed by atoms with Crippen LogP contribution >= 0.6 is 0 Å². The van der Waals surface area contributed by atoms with Crippen LogP contribution in [0.3, 0.4) is 0 Å². The van der Waals surface area contributed by atoms with E-state index in [-0.39, 0.29) is 17.8 Å². The summed E-state index contributed by atoms with van der Waals surface area (Å²) in [6, 6.07) is 0. The van der Waals surface area contributed by atoms with Gasteiger partial charge in [-0.15, -0.1) is 0 Å². The van der Waals surface area contributed by atoms with Gasteiger partial charge in [0.2, 0.25) is 0 Å². The van der Waals surface area contributed by atoms with Gasteiger partial charge in [-0.2, -0.15) is 0 Å². The van der Waals surface area contributed by atoms with Crippen LogP contribution in [0.2, 0.25) is 0 Å². The van der Waals surface area contributed by atoms with Crippen LogP contribution in [0, 0.1) is 0 Å². The first-order valence-corrected chi connectivity index (χ1v) is 10.5. The van der Waals surface area contributed by atoms with Crippen molar-refractivity contribution in [3.8, 4) is 0 Å². The molecule has 2 heteroatoms. The molecule has 1 heterocycles. The third-order valence-corrected chi connectivity index (χ3v) is 5.41. The second-order valence-corrected chi connectivity index (χ2v) is 7.94. The van der Waals surface area contributed by atoms with E-state index in [2.05, 4.69) is 13.8 Å². The molecule has 1 aliphatic rings. The molecule has 0 aromatic carbocycles. The molecule has 138 valence electrons. The van der Waals surface area contributed by atoms with E-state index in [4.69, 9.17) is 4.74 Å². The zero-order valence-electron chi connectivity index (χ0n) is 16.1. The fourth-order valence-corrected chi connectivity index (χ4v) is 3.74. The normalized spacial score (nSPS) is 24.8. The van der Waals surface area contributed by atoms with Crippen LogP contribution < -0.4 is 0 Å². The summed E-state index contributed by atoms with van der Waals surface area (Å²) >= 11 is 0. The van der Waals surface area contributed by atoms with Crippen molar-refractivity contribution in [2.75, 3.05) is 0 Å². The highest BCUT2D eigenvalue weighted by atomic mass is 16.6. The monoisotopic (exact) mass is 326 g/mol. The fourth-order valence-electron chi connectivity index (χ4n) is 3.74. The summed E-state index contributed by atoms with van der Waals surface area (Å²) in [5.41, 5.74) is -0.0225. The molecule has 1 fully saturated rings. The highest BCUT2D eigenvalue weighted by molar-refractivity contribution is 5.01. The zero-order valence-corrected chi connectivity index (χ0v) is 16.1. The molecular weight excluding hydrogens is 284 g/mol. The SMILES string of the molecule is CCCCCCCCCCCCCCCC[C@@]1(C)O[C@@H]1[C@H](C)O. The van der Waals surface area contributed by atoms with Gasteiger partial charge in [-0.1, -0.05) is 96.8 Å². The molecule has 0 radical (unpaired) electrons. The first-order valence-electron chi connectivity index (χ1n) is 10.5. The first kappa shape index (κ1) is 21.0. The van der Waals surface area contributed by atoms with Crippen molar-refractivity contribution in [2.45, 2.75) is 135 Å². The van der Waals surface area contributed by atoms with Crippen molar-refractivity contribution >= 4 is 0 Å². The molecule has 0 amide bonds. The lowest BCUT2D eigenvalue weighted by molar-refractivity contribution is 0.152.